The van der Waals surface area contributed by atoms with Crippen molar-refractivity contribution in [3.63, 3.8) is 0 Å². The van der Waals surface area contributed by atoms with E-state index in [0.717, 1.165) is 24.0 Å². The molecule has 1 heterocycles. The van der Waals surface area contributed by atoms with E-state index in [1.54, 1.807) is 0 Å². The molecule has 144 valence electrons. The van der Waals surface area contributed by atoms with Gasteiger partial charge < -0.3 is 19.3 Å². The number of anilines is 2. The van der Waals surface area contributed by atoms with E-state index in [4.69, 9.17) is 9.47 Å². The van der Waals surface area contributed by atoms with Gasteiger partial charge in [0.2, 0.25) is 5.79 Å². The van der Waals surface area contributed by atoms with Crippen molar-refractivity contribution >= 4 is 11.4 Å². The van der Waals surface area contributed by atoms with Gasteiger partial charge in [-0.3, -0.25) is 0 Å². The number of hydrogen-bond acceptors (Lipinski definition) is 4. The van der Waals surface area contributed by atoms with Crippen LogP contribution in [0.5, 0.6) is 0 Å². The van der Waals surface area contributed by atoms with Crippen LogP contribution in [-0.2, 0) is 15.3 Å². The molecule has 2 aromatic carbocycles. The summed E-state index contributed by atoms with van der Waals surface area (Å²) in [5.41, 5.74) is 4.49. The van der Waals surface area contributed by atoms with Gasteiger partial charge in [-0.25, -0.2) is 0 Å². The molecule has 2 atom stereocenters. The molecule has 1 saturated heterocycles. The summed E-state index contributed by atoms with van der Waals surface area (Å²) >= 11 is 0. The molecule has 0 amide bonds. The van der Waals surface area contributed by atoms with Crippen LogP contribution in [0.15, 0.2) is 48.5 Å². The van der Waals surface area contributed by atoms with Gasteiger partial charge in [-0.15, -0.1) is 0 Å². The Hall–Kier alpha value is -2.04. The molecule has 2 aromatic rings. The first-order valence-electron chi connectivity index (χ1n) is 9.91. The summed E-state index contributed by atoms with van der Waals surface area (Å²) in [6, 6.07) is 17.1. The smallest absolute Gasteiger partial charge is 0.223 e. The highest BCUT2D eigenvalue weighted by atomic mass is 16.8. The van der Waals surface area contributed by atoms with E-state index in [0.29, 0.717) is 0 Å². The summed E-state index contributed by atoms with van der Waals surface area (Å²) in [5, 5.41) is 0. The molecule has 1 aliphatic carbocycles. The Morgan fingerprint density at radius 2 is 1.04 bits per heavy atom. The molecular weight excluding hydrogens is 336 g/mol. The van der Waals surface area contributed by atoms with Crippen LogP contribution in [0, 0.1) is 0 Å². The molecule has 4 heteroatoms. The van der Waals surface area contributed by atoms with Crippen molar-refractivity contribution in [3.8, 4) is 0 Å². The number of fused-ring (bicyclic) bond motifs is 1. The number of ether oxygens (including phenoxy) is 2. The van der Waals surface area contributed by atoms with Crippen molar-refractivity contribution in [3.05, 3.63) is 59.7 Å². The summed E-state index contributed by atoms with van der Waals surface area (Å²) in [4.78, 5) is 4.22. The van der Waals surface area contributed by atoms with Crippen LogP contribution in [-0.4, -0.2) is 40.4 Å². The number of hydrogen-bond donors (Lipinski definition) is 0. The maximum absolute atomic E-state index is 6.68. The Kier molecular flexibility index (Phi) is 4.87. The lowest BCUT2D eigenvalue weighted by Crippen LogP contribution is -2.30. The third-order valence-corrected chi connectivity index (χ3v) is 5.80. The number of benzene rings is 2. The van der Waals surface area contributed by atoms with E-state index >= 15 is 0 Å². The summed E-state index contributed by atoms with van der Waals surface area (Å²) in [6.45, 7) is 0. The zero-order chi connectivity index (χ0) is 19.0. The molecule has 0 bridgehead atoms. The van der Waals surface area contributed by atoms with Crippen LogP contribution in [0.1, 0.15) is 36.8 Å². The fourth-order valence-corrected chi connectivity index (χ4v) is 4.18. The van der Waals surface area contributed by atoms with Gasteiger partial charge in [-0.1, -0.05) is 37.1 Å². The predicted molar refractivity (Wildman–Crippen MR) is 111 cm³/mol. The lowest BCUT2D eigenvalue weighted by molar-refractivity contribution is -0.150. The van der Waals surface area contributed by atoms with Crippen LogP contribution in [0.25, 0.3) is 0 Å². The molecule has 0 spiro atoms. The molecule has 2 aliphatic rings. The van der Waals surface area contributed by atoms with Crippen LogP contribution >= 0.6 is 0 Å². The second-order valence-corrected chi connectivity index (χ2v) is 8.10. The lowest BCUT2D eigenvalue weighted by atomic mass is 9.95. The van der Waals surface area contributed by atoms with E-state index in [1.807, 2.05) is 0 Å². The maximum Gasteiger partial charge on any atom is 0.223 e. The molecule has 0 unspecified atom stereocenters. The Morgan fingerprint density at radius 3 is 1.37 bits per heavy atom. The van der Waals surface area contributed by atoms with Gasteiger partial charge >= 0.3 is 0 Å². The predicted octanol–water partition coefficient (Wildman–Crippen LogP) is 4.38. The topological polar surface area (TPSA) is 24.9 Å². The van der Waals surface area contributed by atoms with Crippen LogP contribution in [0.2, 0.25) is 0 Å². The molecule has 1 aliphatic heterocycles. The molecule has 1 saturated carbocycles. The molecule has 0 aromatic heterocycles. The van der Waals surface area contributed by atoms with Crippen molar-refractivity contribution in [2.45, 2.75) is 43.7 Å². The average Bonchev–Trinajstić information content (AvgIpc) is 3.09. The van der Waals surface area contributed by atoms with Gasteiger partial charge in [0.15, 0.2) is 0 Å². The first-order chi connectivity index (χ1) is 13.0. The Balaban J connectivity index is 1.75. The Morgan fingerprint density at radius 1 is 0.667 bits per heavy atom. The molecular formula is C23H30N2O2. The van der Waals surface area contributed by atoms with E-state index in [-0.39, 0.29) is 12.2 Å². The Labute approximate surface area is 162 Å². The number of nitrogens with zero attached hydrogens (tertiary/aromatic N) is 2. The van der Waals surface area contributed by atoms with E-state index in [9.17, 15) is 0 Å². The van der Waals surface area contributed by atoms with Crippen LogP contribution in [0.3, 0.4) is 0 Å². The number of rotatable bonds is 4. The first-order valence-corrected chi connectivity index (χ1v) is 9.91. The SMILES string of the molecule is CN(C)c1ccc(C2(c3ccc(N(C)C)cc3)O[C@H]3CCCC[C@H]3O2)cc1. The monoisotopic (exact) mass is 366 g/mol. The highest BCUT2D eigenvalue weighted by Crippen LogP contribution is 2.47. The lowest BCUT2D eigenvalue weighted by Gasteiger charge is -2.30. The first kappa shape index (κ1) is 18.3. The molecule has 0 N–H and O–H groups in total. The largest absolute Gasteiger partial charge is 0.378 e. The normalized spacial score (nSPS) is 23.7. The van der Waals surface area contributed by atoms with Gasteiger partial charge in [-0.2, -0.15) is 0 Å². The summed E-state index contributed by atoms with van der Waals surface area (Å²) < 4.78 is 13.4. The van der Waals surface area contributed by atoms with Crippen molar-refractivity contribution in [1.29, 1.82) is 0 Å². The summed E-state index contributed by atoms with van der Waals surface area (Å²) in [7, 11) is 8.23. The van der Waals surface area contributed by atoms with Crippen LogP contribution in [0.4, 0.5) is 11.4 Å². The fraction of sp³-hybridized carbons (Fsp3) is 0.478. The van der Waals surface area contributed by atoms with Gasteiger partial charge in [0.25, 0.3) is 0 Å². The fourth-order valence-electron chi connectivity index (χ4n) is 4.18. The van der Waals surface area contributed by atoms with E-state index in [2.05, 4.69) is 86.5 Å². The molecule has 2 fully saturated rings. The second kappa shape index (κ2) is 7.17. The quantitative estimate of drug-likeness (QED) is 0.802. The Bertz CT molecular complexity index is 700. The zero-order valence-electron chi connectivity index (χ0n) is 16.8. The summed E-state index contributed by atoms with van der Waals surface area (Å²) in [5.74, 6) is -0.810. The average molecular weight is 367 g/mol. The summed E-state index contributed by atoms with van der Waals surface area (Å²) in [6.07, 6.45) is 4.97. The molecule has 4 nitrogen and oxygen atoms in total. The van der Waals surface area contributed by atoms with Gasteiger partial charge in [0.05, 0.1) is 12.2 Å². The molecule has 4 rings (SSSR count). The van der Waals surface area contributed by atoms with Gasteiger partial charge in [-0.05, 0) is 37.1 Å². The van der Waals surface area contributed by atoms with Gasteiger partial charge in [0.1, 0.15) is 0 Å². The minimum Gasteiger partial charge on any atom is -0.378 e. The zero-order valence-corrected chi connectivity index (χ0v) is 16.8. The second-order valence-electron chi connectivity index (χ2n) is 8.10. The van der Waals surface area contributed by atoms with E-state index in [1.165, 1.54) is 24.2 Å². The minimum atomic E-state index is -0.810. The third-order valence-electron chi connectivity index (χ3n) is 5.80. The van der Waals surface area contributed by atoms with E-state index < -0.39 is 5.79 Å². The highest BCUT2D eigenvalue weighted by Gasteiger charge is 2.50. The van der Waals surface area contributed by atoms with Crippen molar-refractivity contribution in [2.24, 2.45) is 0 Å². The molecule has 27 heavy (non-hydrogen) atoms. The standard InChI is InChI=1S/C23H30N2O2/c1-24(2)19-13-9-17(10-14-19)23(18-11-15-20(16-12-18)25(3)4)26-21-7-5-6-8-22(21)27-23/h9-16,21-22H,5-8H2,1-4H3/t21-,22+. The molecule has 0 radical (unpaired) electrons. The van der Waals surface area contributed by atoms with Crippen LogP contribution < -0.4 is 9.80 Å². The third kappa shape index (κ3) is 3.32. The van der Waals surface area contributed by atoms with Crippen molar-refractivity contribution < 1.29 is 9.47 Å². The van der Waals surface area contributed by atoms with Gasteiger partial charge in [0, 0.05) is 50.7 Å². The highest BCUT2D eigenvalue weighted by molar-refractivity contribution is 5.51. The minimum absolute atomic E-state index is 0.181. The van der Waals surface area contributed by atoms with Crippen molar-refractivity contribution in [2.75, 3.05) is 38.0 Å². The maximum atomic E-state index is 6.68. The van der Waals surface area contributed by atoms with Crippen molar-refractivity contribution in [1.82, 2.24) is 0 Å².